The largest absolute Gasteiger partial charge is 0.354 e. The Morgan fingerprint density at radius 2 is 1.80 bits per heavy atom. The van der Waals surface area contributed by atoms with Crippen LogP contribution in [0.15, 0.2) is 30.3 Å². The van der Waals surface area contributed by atoms with Crippen molar-refractivity contribution >= 4 is 30.7 Å². The molecule has 0 bridgehead atoms. The van der Waals surface area contributed by atoms with Crippen molar-refractivity contribution < 1.29 is 4.79 Å². The summed E-state index contributed by atoms with van der Waals surface area (Å²) in [6.45, 7) is 1.36. The highest BCUT2D eigenvalue weighted by atomic mass is 35.5. The molecule has 4 nitrogen and oxygen atoms in total. The van der Waals surface area contributed by atoms with Crippen molar-refractivity contribution in [2.24, 2.45) is 5.73 Å². The second kappa shape index (κ2) is 12.0. The molecule has 1 atom stereocenters. The molecule has 0 aromatic heterocycles. The van der Waals surface area contributed by atoms with Gasteiger partial charge >= 0.3 is 0 Å². The zero-order valence-corrected chi connectivity index (χ0v) is 13.7. The molecule has 0 aliphatic heterocycles. The number of unbranched alkanes of at least 4 members (excludes halogenated alkanes) is 1. The van der Waals surface area contributed by atoms with Gasteiger partial charge in [-0.15, -0.1) is 24.8 Å². The molecular weight excluding hydrogens is 297 g/mol. The van der Waals surface area contributed by atoms with E-state index in [1.54, 1.807) is 0 Å². The molecule has 0 saturated heterocycles. The number of benzene rings is 1. The van der Waals surface area contributed by atoms with Gasteiger partial charge in [0, 0.05) is 6.54 Å². The molecule has 0 fully saturated rings. The van der Waals surface area contributed by atoms with Crippen LogP contribution in [0.1, 0.15) is 24.4 Å². The fourth-order valence-corrected chi connectivity index (χ4v) is 1.90. The molecule has 1 aromatic rings. The summed E-state index contributed by atoms with van der Waals surface area (Å²) in [5.41, 5.74) is 6.44. The maximum Gasteiger partial charge on any atom is 0.241 e. The lowest BCUT2D eigenvalue weighted by Gasteiger charge is -2.23. The Hall–Kier alpha value is -0.810. The first-order valence-corrected chi connectivity index (χ1v) is 6.36. The summed E-state index contributed by atoms with van der Waals surface area (Å²) in [7, 11) is 3.83. The van der Waals surface area contributed by atoms with Crippen LogP contribution in [-0.4, -0.2) is 38.0 Å². The van der Waals surface area contributed by atoms with Crippen LogP contribution in [0.4, 0.5) is 0 Å². The molecule has 0 saturated carbocycles. The van der Waals surface area contributed by atoms with E-state index in [1.807, 2.05) is 49.3 Å². The summed E-state index contributed by atoms with van der Waals surface area (Å²) in [5.74, 6) is 0.0446. The minimum absolute atomic E-state index is 0. The van der Waals surface area contributed by atoms with Crippen LogP contribution in [0.5, 0.6) is 0 Å². The lowest BCUT2D eigenvalue weighted by Crippen LogP contribution is -2.37. The van der Waals surface area contributed by atoms with Crippen molar-refractivity contribution in [3.05, 3.63) is 35.9 Å². The Morgan fingerprint density at radius 1 is 1.20 bits per heavy atom. The SMILES string of the molecule is CN(C)C(C(=O)NCCCCN)c1ccccc1.Cl.Cl. The van der Waals surface area contributed by atoms with Gasteiger partial charge < -0.3 is 11.1 Å². The molecule has 0 aliphatic carbocycles. The van der Waals surface area contributed by atoms with Crippen molar-refractivity contribution in [1.82, 2.24) is 10.2 Å². The molecule has 0 aliphatic rings. The Morgan fingerprint density at radius 3 is 2.30 bits per heavy atom. The van der Waals surface area contributed by atoms with Crippen LogP contribution in [0.3, 0.4) is 0 Å². The second-order valence-corrected chi connectivity index (χ2v) is 4.56. The summed E-state index contributed by atoms with van der Waals surface area (Å²) in [4.78, 5) is 14.1. The Kier molecular flexibility index (Phi) is 12.9. The monoisotopic (exact) mass is 321 g/mol. The van der Waals surface area contributed by atoms with Crippen molar-refractivity contribution in [2.75, 3.05) is 27.2 Å². The highest BCUT2D eigenvalue weighted by molar-refractivity contribution is 5.85. The molecule has 1 unspecified atom stereocenters. The second-order valence-electron chi connectivity index (χ2n) is 4.56. The van der Waals surface area contributed by atoms with Crippen molar-refractivity contribution in [3.63, 3.8) is 0 Å². The molecule has 20 heavy (non-hydrogen) atoms. The third-order valence-corrected chi connectivity index (χ3v) is 2.81. The number of nitrogens with two attached hydrogens (primary N) is 1. The van der Waals surface area contributed by atoms with E-state index in [-0.39, 0.29) is 36.8 Å². The topological polar surface area (TPSA) is 58.4 Å². The first kappa shape index (κ1) is 21.5. The molecule has 6 heteroatoms. The van der Waals surface area contributed by atoms with E-state index < -0.39 is 0 Å². The maximum atomic E-state index is 12.2. The highest BCUT2D eigenvalue weighted by Crippen LogP contribution is 2.17. The van der Waals surface area contributed by atoms with Crippen molar-refractivity contribution in [1.29, 1.82) is 0 Å². The van der Waals surface area contributed by atoms with Gasteiger partial charge in [-0.3, -0.25) is 9.69 Å². The average molecular weight is 322 g/mol. The van der Waals surface area contributed by atoms with Crippen LogP contribution >= 0.6 is 24.8 Å². The van der Waals surface area contributed by atoms with Gasteiger partial charge in [-0.05, 0) is 39.0 Å². The van der Waals surface area contributed by atoms with E-state index in [0.29, 0.717) is 13.1 Å². The van der Waals surface area contributed by atoms with E-state index >= 15 is 0 Å². The molecule has 1 rings (SSSR count). The van der Waals surface area contributed by atoms with Gasteiger partial charge in [-0.1, -0.05) is 30.3 Å². The normalized spacial score (nSPS) is 11.2. The number of halogens is 2. The number of rotatable bonds is 7. The van der Waals surface area contributed by atoms with Gasteiger partial charge in [0.2, 0.25) is 5.91 Å². The highest BCUT2D eigenvalue weighted by Gasteiger charge is 2.21. The third-order valence-electron chi connectivity index (χ3n) is 2.81. The first-order valence-electron chi connectivity index (χ1n) is 6.36. The molecule has 0 radical (unpaired) electrons. The number of nitrogens with zero attached hydrogens (tertiary/aromatic N) is 1. The van der Waals surface area contributed by atoms with Crippen LogP contribution in [-0.2, 0) is 4.79 Å². The molecule has 3 N–H and O–H groups in total. The Labute approximate surface area is 133 Å². The van der Waals surface area contributed by atoms with Crippen molar-refractivity contribution in [2.45, 2.75) is 18.9 Å². The van der Waals surface area contributed by atoms with Crippen LogP contribution < -0.4 is 11.1 Å². The van der Waals surface area contributed by atoms with Crippen LogP contribution in [0.25, 0.3) is 0 Å². The van der Waals surface area contributed by atoms with Gasteiger partial charge in [0.25, 0.3) is 0 Å². The van der Waals surface area contributed by atoms with E-state index in [9.17, 15) is 4.79 Å². The molecule has 1 amide bonds. The number of amides is 1. The van der Waals surface area contributed by atoms with E-state index in [2.05, 4.69) is 5.32 Å². The Bertz CT molecular complexity index is 361. The quantitative estimate of drug-likeness (QED) is 0.755. The average Bonchev–Trinajstić information content (AvgIpc) is 2.36. The number of hydrogen-bond acceptors (Lipinski definition) is 3. The maximum absolute atomic E-state index is 12.2. The molecule has 0 spiro atoms. The van der Waals surface area contributed by atoms with E-state index in [0.717, 1.165) is 18.4 Å². The van der Waals surface area contributed by atoms with Gasteiger partial charge in [0.05, 0.1) is 0 Å². The lowest BCUT2D eigenvalue weighted by atomic mass is 10.1. The number of nitrogens with one attached hydrogen (secondary N) is 1. The summed E-state index contributed by atoms with van der Waals surface area (Å²) in [6.07, 6.45) is 1.87. The smallest absolute Gasteiger partial charge is 0.241 e. The zero-order chi connectivity index (χ0) is 13.4. The zero-order valence-electron chi connectivity index (χ0n) is 12.0. The molecule has 116 valence electrons. The van der Waals surface area contributed by atoms with Crippen molar-refractivity contribution in [3.8, 4) is 0 Å². The number of carbonyl (C=O) groups is 1. The lowest BCUT2D eigenvalue weighted by molar-refractivity contribution is -0.125. The third kappa shape index (κ3) is 7.10. The van der Waals surface area contributed by atoms with Gasteiger partial charge in [-0.25, -0.2) is 0 Å². The summed E-state index contributed by atoms with van der Waals surface area (Å²) in [6, 6.07) is 9.58. The molecule has 1 aromatic carbocycles. The minimum Gasteiger partial charge on any atom is -0.354 e. The van der Waals surface area contributed by atoms with E-state index in [1.165, 1.54) is 0 Å². The summed E-state index contributed by atoms with van der Waals surface area (Å²) < 4.78 is 0. The van der Waals surface area contributed by atoms with Gasteiger partial charge in [0.15, 0.2) is 0 Å². The number of likely N-dealkylation sites (N-methyl/N-ethyl adjacent to an activating group) is 1. The minimum atomic E-state index is -0.232. The van der Waals surface area contributed by atoms with Gasteiger partial charge in [-0.2, -0.15) is 0 Å². The van der Waals surface area contributed by atoms with Crippen LogP contribution in [0, 0.1) is 0 Å². The fraction of sp³-hybridized carbons (Fsp3) is 0.500. The summed E-state index contributed by atoms with van der Waals surface area (Å²) in [5, 5.41) is 2.96. The van der Waals surface area contributed by atoms with Gasteiger partial charge in [0.1, 0.15) is 6.04 Å². The predicted octanol–water partition coefficient (Wildman–Crippen LogP) is 1.99. The summed E-state index contributed by atoms with van der Waals surface area (Å²) >= 11 is 0. The number of carbonyl (C=O) groups excluding carboxylic acids is 1. The number of hydrogen-bond donors (Lipinski definition) is 2. The molecule has 0 heterocycles. The first-order chi connectivity index (χ1) is 8.66. The fourth-order valence-electron chi connectivity index (χ4n) is 1.90. The predicted molar refractivity (Wildman–Crippen MR) is 88.7 cm³/mol. The van der Waals surface area contributed by atoms with E-state index in [4.69, 9.17) is 5.73 Å². The van der Waals surface area contributed by atoms with Crippen LogP contribution in [0.2, 0.25) is 0 Å². The Balaban J connectivity index is 0. The molecular formula is C14H25Cl2N3O. The standard InChI is InChI=1S/C14H23N3O.2ClH/c1-17(2)13(12-8-4-3-5-9-12)14(18)16-11-7-6-10-15;;/h3-5,8-9,13H,6-7,10-11,15H2,1-2H3,(H,16,18);2*1H.